The number of nitrogens with one attached hydrogen (secondary N) is 1. The summed E-state index contributed by atoms with van der Waals surface area (Å²) in [5.74, 6) is 0.481. The zero-order chi connectivity index (χ0) is 10.4. The first-order valence-corrected chi connectivity index (χ1v) is 5.21. The van der Waals surface area contributed by atoms with Gasteiger partial charge in [-0.05, 0) is 6.42 Å². The molecule has 5 heteroatoms. The van der Waals surface area contributed by atoms with Gasteiger partial charge in [0.25, 0.3) is 0 Å². The average Bonchev–Trinajstić information content (AvgIpc) is 2.21. The third-order valence-electron chi connectivity index (χ3n) is 2.11. The van der Waals surface area contributed by atoms with Crippen LogP contribution in [0, 0.1) is 0 Å². The van der Waals surface area contributed by atoms with Crippen LogP contribution in [0.4, 0.5) is 0 Å². The SMILES string of the molecule is CC/C=C(Cl)\C(=N/O)N1CCNCC1. The number of rotatable bonds is 2. The molecule has 1 saturated heterocycles. The summed E-state index contributed by atoms with van der Waals surface area (Å²) in [6.45, 7) is 5.44. The molecule has 0 unspecified atom stereocenters. The summed E-state index contributed by atoms with van der Waals surface area (Å²) in [4.78, 5) is 1.98. The first-order valence-electron chi connectivity index (χ1n) is 4.83. The molecule has 0 aromatic carbocycles. The molecule has 0 aliphatic carbocycles. The van der Waals surface area contributed by atoms with Crippen LogP contribution in [-0.4, -0.2) is 42.1 Å². The predicted octanol–water partition coefficient (Wildman–Crippen LogP) is 1.21. The Bertz CT molecular complexity index is 234. The van der Waals surface area contributed by atoms with Crippen LogP contribution in [0.3, 0.4) is 0 Å². The summed E-state index contributed by atoms with van der Waals surface area (Å²) in [5, 5.41) is 15.9. The van der Waals surface area contributed by atoms with E-state index in [9.17, 15) is 0 Å². The summed E-state index contributed by atoms with van der Waals surface area (Å²) in [6.07, 6.45) is 2.68. The van der Waals surface area contributed by atoms with Crippen LogP contribution in [0.2, 0.25) is 0 Å². The van der Waals surface area contributed by atoms with Gasteiger partial charge in [0.1, 0.15) is 0 Å². The molecule has 2 N–H and O–H groups in total. The van der Waals surface area contributed by atoms with Crippen molar-refractivity contribution in [1.29, 1.82) is 0 Å². The molecule has 0 aromatic heterocycles. The molecule has 0 radical (unpaired) electrons. The summed E-state index contributed by atoms with van der Waals surface area (Å²) >= 11 is 5.99. The second-order valence-electron chi connectivity index (χ2n) is 3.12. The molecule has 0 saturated carbocycles. The van der Waals surface area contributed by atoms with Gasteiger partial charge in [-0.2, -0.15) is 0 Å². The first-order chi connectivity index (χ1) is 6.79. The van der Waals surface area contributed by atoms with Gasteiger partial charge in [0.15, 0.2) is 5.84 Å². The number of amidine groups is 1. The van der Waals surface area contributed by atoms with E-state index in [2.05, 4.69) is 10.5 Å². The van der Waals surface area contributed by atoms with Crippen molar-refractivity contribution in [2.75, 3.05) is 26.2 Å². The van der Waals surface area contributed by atoms with Gasteiger partial charge in [-0.25, -0.2) is 0 Å². The van der Waals surface area contributed by atoms with E-state index in [-0.39, 0.29) is 0 Å². The van der Waals surface area contributed by atoms with E-state index in [1.54, 1.807) is 0 Å². The monoisotopic (exact) mass is 217 g/mol. The Morgan fingerprint density at radius 1 is 1.57 bits per heavy atom. The molecule has 1 aliphatic rings. The third-order valence-corrected chi connectivity index (χ3v) is 2.43. The number of nitrogens with zero attached hydrogens (tertiary/aromatic N) is 2. The van der Waals surface area contributed by atoms with Crippen LogP contribution < -0.4 is 5.32 Å². The Hall–Kier alpha value is -0.740. The maximum Gasteiger partial charge on any atom is 0.186 e. The van der Waals surface area contributed by atoms with Gasteiger partial charge in [0.2, 0.25) is 0 Å². The Morgan fingerprint density at radius 2 is 2.21 bits per heavy atom. The lowest BCUT2D eigenvalue weighted by molar-refractivity contribution is 0.291. The quantitative estimate of drug-likeness (QED) is 0.316. The fourth-order valence-electron chi connectivity index (χ4n) is 1.41. The number of halogens is 1. The lowest BCUT2D eigenvalue weighted by Gasteiger charge is -2.29. The Balaban J connectivity index is 2.65. The van der Waals surface area contributed by atoms with Crippen LogP contribution in [-0.2, 0) is 0 Å². The summed E-state index contributed by atoms with van der Waals surface area (Å²) < 4.78 is 0. The van der Waals surface area contributed by atoms with Gasteiger partial charge in [-0.1, -0.05) is 29.8 Å². The van der Waals surface area contributed by atoms with Crippen molar-refractivity contribution in [1.82, 2.24) is 10.2 Å². The molecular formula is C9H16ClN3O. The highest BCUT2D eigenvalue weighted by Gasteiger charge is 2.17. The Morgan fingerprint density at radius 3 is 2.71 bits per heavy atom. The summed E-state index contributed by atoms with van der Waals surface area (Å²) in [5.41, 5.74) is 0. The van der Waals surface area contributed by atoms with Crippen LogP contribution >= 0.6 is 11.6 Å². The molecule has 14 heavy (non-hydrogen) atoms. The Kier molecular flexibility index (Phi) is 4.76. The standard InChI is InChI=1S/C9H16ClN3O/c1-2-3-8(10)9(12-14)13-6-4-11-5-7-13/h3,11,14H,2,4-7H2,1H3/b8-3+,12-9+. The molecule has 0 aromatic rings. The molecular weight excluding hydrogens is 202 g/mol. The Labute approximate surface area is 89.2 Å². The van der Waals surface area contributed by atoms with Crippen molar-refractivity contribution in [3.8, 4) is 0 Å². The van der Waals surface area contributed by atoms with Crippen molar-refractivity contribution in [2.45, 2.75) is 13.3 Å². The maximum absolute atomic E-state index is 8.88. The molecule has 0 spiro atoms. The van der Waals surface area contributed by atoms with Gasteiger partial charge in [0, 0.05) is 26.2 Å². The van der Waals surface area contributed by atoms with E-state index < -0.39 is 0 Å². The summed E-state index contributed by atoms with van der Waals surface area (Å²) in [7, 11) is 0. The second kappa shape index (κ2) is 5.88. The van der Waals surface area contributed by atoms with Crippen LogP contribution in [0.1, 0.15) is 13.3 Å². The minimum atomic E-state index is 0.481. The molecule has 1 rings (SSSR count). The highest BCUT2D eigenvalue weighted by atomic mass is 35.5. The molecule has 0 atom stereocenters. The lowest BCUT2D eigenvalue weighted by Crippen LogP contribution is -2.46. The highest BCUT2D eigenvalue weighted by Crippen LogP contribution is 2.10. The van der Waals surface area contributed by atoms with E-state index >= 15 is 0 Å². The van der Waals surface area contributed by atoms with Gasteiger partial charge in [-0.15, -0.1) is 0 Å². The average molecular weight is 218 g/mol. The van der Waals surface area contributed by atoms with Crippen molar-refractivity contribution in [3.63, 3.8) is 0 Å². The minimum absolute atomic E-state index is 0.481. The fourth-order valence-corrected chi connectivity index (χ4v) is 1.72. The molecule has 4 nitrogen and oxygen atoms in total. The zero-order valence-electron chi connectivity index (χ0n) is 8.33. The number of hydrogen-bond acceptors (Lipinski definition) is 3. The summed E-state index contributed by atoms with van der Waals surface area (Å²) in [6, 6.07) is 0. The van der Waals surface area contributed by atoms with E-state index in [1.165, 1.54) is 0 Å². The molecule has 0 amide bonds. The highest BCUT2D eigenvalue weighted by molar-refractivity contribution is 6.43. The number of piperazine rings is 1. The van der Waals surface area contributed by atoms with E-state index in [0.29, 0.717) is 10.9 Å². The molecule has 0 bridgehead atoms. The third kappa shape index (κ3) is 2.89. The van der Waals surface area contributed by atoms with Crippen molar-refractivity contribution in [2.24, 2.45) is 5.16 Å². The molecule has 1 heterocycles. The smallest absolute Gasteiger partial charge is 0.186 e. The topological polar surface area (TPSA) is 47.9 Å². The van der Waals surface area contributed by atoms with Crippen LogP contribution in [0.5, 0.6) is 0 Å². The van der Waals surface area contributed by atoms with Gasteiger partial charge in [-0.3, -0.25) is 0 Å². The van der Waals surface area contributed by atoms with Crippen molar-refractivity contribution in [3.05, 3.63) is 11.1 Å². The van der Waals surface area contributed by atoms with Gasteiger partial charge < -0.3 is 15.4 Å². The largest absolute Gasteiger partial charge is 0.409 e. The minimum Gasteiger partial charge on any atom is -0.409 e. The number of allylic oxidation sites excluding steroid dienone is 1. The number of oxime groups is 1. The lowest BCUT2D eigenvalue weighted by atomic mass is 10.3. The van der Waals surface area contributed by atoms with Crippen molar-refractivity contribution < 1.29 is 5.21 Å². The normalized spacial score (nSPS) is 20.0. The van der Waals surface area contributed by atoms with Gasteiger partial charge >= 0.3 is 0 Å². The molecule has 1 aliphatic heterocycles. The fraction of sp³-hybridized carbons (Fsp3) is 0.667. The zero-order valence-corrected chi connectivity index (χ0v) is 9.09. The van der Waals surface area contributed by atoms with E-state index in [1.807, 2.05) is 17.9 Å². The maximum atomic E-state index is 8.88. The second-order valence-corrected chi connectivity index (χ2v) is 3.53. The van der Waals surface area contributed by atoms with Gasteiger partial charge in [0.05, 0.1) is 5.03 Å². The van der Waals surface area contributed by atoms with E-state index in [0.717, 1.165) is 32.6 Å². The van der Waals surface area contributed by atoms with Crippen LogP contribution in [0.25, 0.3) is 0 Å². The predicted molar refractivity (Wildman–Crippen MR) is 57.9 cm³/mol. The first kappa shape index (κ1) is 11.3. The molecule has 1 fully saturated rings. The van der Waals surface area contributed by atoms with E-state index in [4.69, 9.17) is 16.8 Å². The number of hydrogen-bond donors (Lipinski definition) is 2. The van der Waals surface area contributed by atoms with Crippen molar-refractivity contribution >= 4 is 17.4 Å². The van der Waals surface area contributed by atoms with Crippen LogP contribution in [0.15, 0.2) is 16.3 Å². The molecule has 80 valence electrons.